The Hall–Kier alpha value is -2.88. The van der Waals surface area contributed by atoms with Crippen molar-refractivity contribution in [3.63, 3.8) is 0 Å². The molecule has 2 saturated heterocycles. The van der Waals surface area contributed by atoms with Gasteiger partial charge in [0.25, 0.3) is 11.8 Å². The summed E-state index contributed by atoms with van der Waals surface area (Å²) < 4.78 is 27.5. The molecule has 0 unspecified atom stereocenters. The van der Waals surface area contributed by atoms with Gasteiger partial charge in [-0.2, -0.15) is 0 Å². The lowest BCUT2D eigenvalue weighted by Gasteiger charge is -2.40. The molecule has 0 saturated carbocycles. The van der Waals surface area contributed by atoms with E-state index in [4.69, 9.17) is 0 Å². The van der Waals surface area contributed by atoms with Gasteiger partial charge in [0.2, 0.25) is 0 Å². The Morgan fingerprint density at radius 3 is 2.64 bits per heavy atom. The third-order valence-corrected chi connectivity index (χ3v) is 7.80. The molecular weight excluding hydrogens is 450 g/mol. The van der Waals surface area contributed by atoms with Gasteiger partial charge in [-0.15, -0.1) is 11.3 Å². The molecule has 0 radical (unpaired) electrons. The lowest BCUT2D eigenvalue weighted by atomic mass is 9.75. The number of carbonyl (C=O) groups is 3. The Bertz CT molecular complexity index is 1080. The summed E-state index contributed by atoms with van der Waals surface area (Å²) in [5.74, 6) is -2.40. The first-order chi connectivity index (χ1) is 15.8. The first-order valence-corrected chi connectivity index (χ1v) is 11.9. The number of halogens is 2. The number of hydrogen-bond donors (Lipinski definition) is 1. The van der Waals surface area contributed by atoms with Crippen LogP contribution in [0.1, 0.15) is 47.1 Å². The average molecular weight is 477 g/mol. The fourth-order valence-electron chi connectivity index (χ4n) is 4.84. The summed E-state index contributed by atoms with van der Waals surface area (Å²) in [6.45, 7) is 4.65. The van der Waals surface area contributed by atoms with Gasteiger partial charge in [-0.25, -0.2) is 18.6 Å². The Kier molecular flexibility index (Phi) is 6.47. The van der Waals surface area contributed by atoms with E-state index in [2.05, 4.69) is 10.3 Å². The number of imide groups is 1. The second-order valence-corrected chi connectivity index (χ2v) is 9.45. The van der Waals surface area contributed by atoms with E-state index in [1.807, 2.05) is 13.8 Å². The van der Waals surface area contributed by atoms with Crippen molar-refractivity contribution in [1.82, 2.24) is 20.1 Å². The van der Waals surface area contributed by atoms with E-state index in [0.717, 1.165) is 28.8 Å². The van der Waals surface area contributed by atoms with Gasteiger partial charge in [-0.3, -0.25) is 14.5 Å². The van der Waals surface area contributed by atoms with Crippen molar-refractivity contribution in [3.05, 3.63) is 51.5 Å². The van der Waals surface area contributed by atoms with Crippen molar-refractivity contribution in [2.45, 2.75) is 45.1 Å². The second-order valence-electron chi connectivity index (χ2n) is 8.51. The molecule has 0 bridgehead atoms. The number of likely N-dealkylation sites (tertiary alicyclic amines) is 1. The van der Waals surface area contributed by atoms with Gasteiger partial charge in [0, 0.05) is 30.9 Å². The molecule has 2 aliphatic rings. The fourth-order valence-corrected chi connectivity index (χ4v) is 5.61. The van der Waals surface area contributed by atoms with Crippen LogP contribution < -0.4 is 5.32 Å². The smallest absolute Gasteiger partial charge is 0.325 e. The molecule has 4 amide bonds. The molecule has 2 aromatic rings. The van der Waals surface area contributed by atoms with Crippen LogP contribution >= 0.6 is 11.3 Å². The molecule has 3 heterocycles. The number of benzene rings is 1. The summed E-state index contributed by atoms with van der Waals surface area (Å²) in [6, 6.07) is 2.42. The predicted octanol–water partition coefficient (Wildman–Crippen LogP) is 3.53. The largest absolute Gasteiger partial charge is 0.339 e. The molecule has 10 heteroatoms. The highest BCUT2D eigenvalue weighted by molar-refractivity contribution is 7.09. The van der Waals surface area contributed by atoms with E-state index in [-0.39, 0.29) is 23.9 Å². The first-order valence-electron chi connectivity index (χ1n) is 11.0. The van der Waals surface area contributed by atoms with Crippen molar-refractivity contribution in [2.75, 3.05) is 19.6 Å². The Balaban J connectivity index is 1.43. The lowest BCUT2D eigenvalue weighted by molar-refractivity contribution is -0.134. The van der Waals surface area contributed by atoms with E-state index in [0.29, 0.717) is 38.8 Å². The molecule has 1 aromatic heterocycles. The minimum absolute atomic E-state index is 0.157. The summed E-state index contributed by atoms with van der Waals surface area (Å²) in [5.41, 5.74) is 1.34. The molecule has 1 N–H and O–H groups in total. The summed E-state index contributed by atoms with van der Waals surface area (Å²) in [5, 5.41) is 2.94. The normalized spacial score (nSPS) is 21.6. The molecule has 176 valence electrons. The minimum Gasteiger partial charge on any atom is -0.339 e. The van der Waals surface area contributed by atoms with Crippen molar-refractivity contribution >= 4 is 29.2 Å². The molecule has 2 fully saturated rings. The third kappa shape index (κ3) is 4.23. The molecule has 1 atom stereocenters. The van der Waals surface area contributed by atoms with Crippen LogP contribution in [0.25, 0.3) is 0 Å². The monoisotopic (exact) mass is 476 g/mol. The molecule has 33 heavy (non-hydrogen) atoms. The molecule has 0 spiro atoms. The molecule has 2 aliphatic heterocycles. The number of aryl methyl sites for hydroxylation is 1. The van der Waals surface area contributed by atoms with E-state index >= 15 is 0 Å². The lowest BCUT2D eigenvalue weighted by Crippen LogP contribution is -2.56. The fraction of sp³-hybridized carbons (Fsp3) is 0.478. The predicted molar refractivity (Wildman–Crippen MR) is 119 cm³/mol. The maximum absolute atomic E-state index is 14.0. The maximum Gasteiger partial charge on any atom is 0.325 e. The number of hydrogen-bond acceptors (Lipinski definition) is 5. The van der Waals surface area contributed by atoms with E-state index in [9.17, 15) is 23.2 Å². The number of urea groups is 1. The highest BCUT2D eigenvalue weighted by atomic mass is 32.1. The standard InChI is InChI=1S/C23H26F2N4O3S/c1-3-23(21(31)29(22(32)27-23)11-8-19-14(2)26-13-33-19)15-6-9-28(10-7-15)20(30)17-12-16(24)4-5-18(17)25/h4-5,12-13,15H,3,6-11H2,1-2H3,(H,27,32)/t23-/m1/s1. The van der Waals surface area contributed by atoms with Crippen LogP contribution in [0.4, 0.5) is 13.6 Å². The van der Waals surface area contributed by atoms with Gasteiger partial charge in [0.05, 0.1) is 16.8 Å². The van der Waals surface area contributed by atoms with Crippen molar-refractivity contribution in [1.29, 1.82) is 0 Å². The number of thiazole rings is 1. The number of aromatic nitrogens is 1. The quantitative estimate of drug-likeness (QED) is 0.647. The SMILES string of the molecule is CC[C@]1(C2CCN(C(=O)c3cc(F)ccc3F)CC2)NC(=O)N(CCc2scnc2C)C1=O. The average Bonchev–Trinajstić information content (AvgIpc) is 3.33. The highest BCUT2D eigenvalue weighted by Gasteiger charge is 2.54. The van der Waals surface area contributed by atoms with Crippen molar-refractivity contribution in [3.8, 4) is 0 Å². The van der Waals surface area contributed by atoms with Gasteiger partial charge in [-0.1, -0.05) is 6.92 Å². The van der Waals surface area contributed by atoms with Crippen molar-refractivity contribution < 1.29 is 23.2 Å². The van der Waals surface area contributed by atoms with Crippen LogP contribution in [-0.4, -0.2) is 57.8 Å². The van der Waals surface area contributed by atoms with Gasteiger partial charge >= 0.3 is 6.03 Å². The Labute approximate surface area is 194 Å². The zero-order valence-electron chi connectivity index (χ0n) is 18.6. The molecule has 0 aliphatic carbocycles. The summed E-state index contributed by atoms with van der Waals surface area (Å²) in [7, 11) is 0. The number of piperidine rings is 1. The zero-order valence-corrected chi connectivity index (χ0v) is 19.4. The van der Waals surface area contributed by atoms with Gasteiger partial charge in [-0.05, 0) is 50.3 Å². The maximum atomic E-state index is 14.0. The van der Waals surface area contributed by atoms with E-state index in [1.165, 1.54) is 21.1 Å². The van der Waals surface area contributed by atoms with E-state index in [1.54, 1.807) is 5.51 Å². The topological polar surface area (TPSA) is 82.6 Å². The number of carbonyl (C=O) groups excluding carboxylic acids is 3. The van der Waals surface area contributed by atoms with Crippen molar-refractivity contribution in [2.24, 2.45) is 5.92 Å². The van der Waals surface area contributed by atoms with Crippen LogP contribution in [0, 0.1) is 24.5 Å². The zero-order chi connectivity index (χ0) is 23.8. The second kappa shape index (κ2) is 9.17. The molecule has 7 nitrogen and oxygen atoms in total. The first kappa shape index (κ1) is 23.3. The van der Waals surface area contributed by atoms with Crippen LogP contribution in [0.5, 0.6) is 0 Å². The number of nitrogens with one attached hydrogen (secondary N) is 1. The van der Waals surface area contributed by atoms with Crippen LogP contribution in [0.3, 0.4) is 0 Å². The Morgan fingerprint density at radius 2 is 2.00 bits per heavy atom. The van der Waals surface area contributed by atoms with E-state index < -0.39 is 29.1 Å². The Morgan fingerprint density at radius 1 is 1.27 bits per heavy atom. The molecule has 4 rings (SSSR count). The summed E-state index contributed by atoms with van der Waals surface area (Å²) in [4.78, 5) is 46.8. The molecule has 1 aromatic carbocycles. The molecular formula is C23H26F2N4O3S. The summed E-state index contributed by atoms with van der Waals surface area (Å²) in [6.07, 6.45) is 1.95. The number of amides is 4. The summed E-state index contributed by atoms with van der Waals surface area (Å²) >= 11 is 1.50. The highest BCUT2D eigenvalue weighted by Crippen LogP contribution is 2.36. The van der Waals surface area contributed by atoms with Crippen LogP contribution in [0.15, 0.2) is 23.7 Å². The van der Waals surface area contributed by atoms with Crippen LogP contribution in [0.2, 0.25) is 0 Å². The van der Waals surface area contributed by atoms with Crippen LogP contribution in [-0.2, 0) is 11.2 Å². The minimum atomic E-state index is -1.01. The van der Waals surface area contributed by atoms with Gasteiger partial charge < -0.3 is 10.2 Å². The number of nitrogens with zero attached hydrogens (tertiary/aromatic N) is 3. The third-order valence-electron chi connectivity index (χ3n) is 6.80. The number of rotatable bonds is 6. The van der Waals surface area contributed by atoms with Gasteiger partial charge in [0.15, 0.2) is 0 Å². The van der Waals surface area contributed by atoms with Gasteiger partial charge in [0.1, 0.15) is 17.2 Å².